The normalized spacial score (nSPS) is 15.1. The van der Waals surface area contributed by atoms with Crippen molar-refractivity contribution in [2.24, 2.45) is 0 Å². The third-order valence-electron chi connectivity index (χ3n) is 8.03. The van der Waals surface area contributed by atoms with Crippen molar-refractivity contribution in [3.8, 4) is 17.2 Å². The van der Waals surface area contributed by atoms with E-state index in [1.807, 2.05) is 56.3 Å². The molecule has 0 aliphatic carbocycles. The van der Waals surface area contributed by atoms with Crippen LogP contribution in [0.1, 0.15) is 16.7 Å². The number of ether oxygens (including phenoxy) is 4. The number of carbonyl (C=O) groups excluding carboxylic acids is 1. The van der Waals surface area contributed by atoms with E-state index in [2.05, 4.69) is 15.2 Å². The van der Waals surface area contributed by atoms with Gasteiger partial charge in [-0.05, 0) is 61.4 Å². The summed E-state index contributed by atoms with van der Waals surface area (Å²) in [5.74, 6) is 2.72. The molecule has 1 aromatic heterocycles. The van der Waals surface area contributed by atoms with Crippen molar-refractivity contribution in [3.63, 3.8) is 0 Å². The molecule has 2 aliphatic rings. The molecule has 1 saturated heterocycles. The molecule has 4 aromatic rings. The van der Waals surface area contributed by atoms with Crippen LogP contribution in [0.4, 0.5) is 33.6 Å². The van der Waals surface area contributed by atoms with Crippen molar-refractivity contribution < 1.29 is 23.7 Å². The third kappa shape index (κ3) is 6.50. The number of amides is 2. The van der Waals surface area contributed by atoms with Gasteiger partial charge in [0.2, 0.25) is 5.95 Å². The topological polar surface area (TPSA) is 102 Å². The second kappa shape index (κ2) is 13.4. The van der Waals surface area contributed by atoms with Crippen LogP contribution in [0.25, 0.3) is 0 Å². The molecule has 234 valence electrons. The number of carbonyl (C=O) groups is 1. The minimum Gasteiger partial charge on any atom is -0.497 e. The Balaban J connectivity index is 1.27. The lowest BCUT2D eigenvalue weighted by molar-refractivity contribution is 0.0322. The van der Waals surface area contributed by atoms with Crippen LogP contribution in [0.3, 0.4) is 0 Å². The maximum atomic E-state index is 14.4. The Morgan fingerprint density at radius 1 is 0.933 bits per heavy atom. The van der Waals surface area contributed by atoms with Gasteiger partial charge in [0.05, 0.1) is 45.4 Å². The van der Waals surface area contributed by atoms with E-state index >= 15 is 0 Å². The molecule has 0 radical (unpaired) electrons. The van der Waals surface area contributed by atoms with Gasteiger partial charge in [-0.1, -0.05) is 18.2 Å². The highest BCUT2D eigenvalue weighted by atomic mass is 16.5. The van der Waals surface area contributed by atoms with Crippen LogP contribution in [0.15, 0.2) is 66.9 Å². The Morgan fingerprint density at radius 3 is 2.38 bits per heavy atom. The van der Waals surface area contributed by atoms with Gasteiger partial charge in [-0.25, -0.2) is 14.7 Å². The zero-order valence-electron chi connectivity index (χ0n) is 26.1. The van der Waals surface area contributed by atoms with E-state index in [4.69, 9.17) is 23.9 Å². The predicted molar refractivity (Wildman–Crippen MR) is 174 cm³/mol. The molecule has 45 heavy (non-hydrogen) atoms. The summed E-state index contributed by atoms with van der Waals surface area (Å²) >= 11 is 0. The molecule has 3 aromatic carbocycles. The number of benzene rings is 3. The predicted octanol–water partition coefficient (Wildman–Crippen LogP) is 5.84. The van der Waals surface area contributed by atoms with E-state index in [1.54, 1.807) is 48.4 Å². The van der Waals surface area contributed by atoms with Gasteiger partial charge in [-0.3, -0.25) is 9.80 Å². The first-order chi connectivity index (χ1) is 21.9. The highest BCUT2D eigenvalue weighted by Crippen LogP contribution is 2.42. The summed E-state index contributed by atoms with van der Waals surface area (Å²) in [5, 5.41) is 3.28. The molecular weight excluding hydrogens is 572 g/mol. The number of urea groups is 1. The van der Waals surface area contributed by atoms with Gasteiger partial charge in [-0.2, -0.15) is 4.98 Å². The summed E-state index contributed by atoms with van der Waals surface area (Å²) in [7, 11) is 3.16. The van der Waals surface area contributed by atoms with Gasteiger partial charge in [0, 0.05) is 43.1 Å². The van der Waals surface area contributed by atoms with E-state index < -0.39 is 0 Å². The molecule has 0 atom stereocenters. The Labute approximate surface area is 263 Å². The highest BCUT2D eigenvalue weighted by molar-refractivity contribution is 6.11. The van der Waals surface area contributed by atoms with Crippen LogP contribution < -0.4 is 29.3 Å². The number of hydrogen-bond acceptors (Lipinski definition) is 9. The monoisotopic (exact) mass is 610 g/mol. The fourth-order valence-electron chi connectivity index (χ4n) is 5.69. The number of fused-ring (bicyclic) bond motifs is 1. The molecule has 0 spiro atoms. The van der Waals surface area contributed by atoms with Crippen LogP contribution >= 0.6 is 0 Å². The third-order valence-corrected chi connectivity index (χ3v) is 8.03. The molecule has 0 bridgehead atoms. The van der Waals surface area contributed by atoms with Crippen molar-refractivity contribution >= 4 is 34.9 Å². The fraction of sp³-hybridized carbons (Fsp3) is 0.324. The molecule has 0 saturated carbocycles. The molecule has 1 fully saturated rings. The van der Waals surface area contributed by atoms with Crippen LogP contribution in [-0.2, 0) is 11.3 Å². The van der Waals surface area contributed by atoms with E-state index in [0.717, 1.165) is 66.7 Å². The first-order valence-electron chi connectivity index (χ1n) is 15.0. The minimum atomic E-state index is -0.244. The number of methoxy groups -OCH3 is 2. The summed E-state index contributed by atoms with van der Waals surface area (Å²) in [5.41, 5.74) is 5.00. The number of anilines is 5. The summed E-state index contributed by atoms with van der Waals surface area (Å²) in [6, 6.07) is 18.8. The van der Waals surface area contributed by atoms with Gasteiger partial charge in [-0.15, -0.1) is 0 Å². The van der Waals surface area contributed by atoms with Crippen molar-refractivity contribution in [2.75, 3.05) is 68.8 Å². The lowest BCUT2D eigenvalue weighted by atomic mass is 10.1. The van der Waals surface area contributed by atoms with Crippen LogP contribution in [0, 0.1) is 13.8 Å². The zero-order valence-corrected chi connectivity index (χ0v) is 26.1. The van der Waals surface area contributed by atoms with Gasteiger partial charge in [0.25, 0.3) is 0 Å². The number of rotatable bonds is 10. The lowest BCUT2D eigenvalue weighted by Gasteiger charge is -2.37. The Bertz CT molecular complexity index is 1640. The number of hydrogen-bond donors (Lipinski definition) is 1. The molecule has 2 amide bonds. The number of nitrogens with one attached hydrogen (secondary N) is 1. The Morgan fingerprint density at radius 2 is 1.67 bits per heavy atom. The molecule has 1 N–H and O–H groups in total. The maximum Gasteiger partial charge on any atom is 0.335 e. The van der Waals surface area contributed by atoms with Gasteiger partial charge in [0.15, 0.2) is 5.82 Å². The summed E-state index contributed by atoms with van der Waals surface area (Å²) in [6.07, 6.45) is 1.77. The van der Waals surface area contributed by atoms with Gasteiger partial charge in [0.1, 0.15) is 23.9 Å². The molecule has 11 nitrogen and oxygen atoms in total. The minimum absolute atomic E-state index is 0.244. The largest absolute Gasteiger partial charge is 0.497 e. The number of aryl methyl sites for hydroxylation is 2. The first-order valence-corrected chi connectivity index (χ1v) is 15.0. The molecular formula is C34H38N6O5. The molecule has 0 unspecified atom stereocenters. The number of para-hydroxylation sites is 1. The highest BCUT2D eigenvalue weighted by Gasteiger charge is 2.37. The standard InChI is InChI=1S/C34H38N6O5/c1-23-6-5-7-24(2)31(23)39-22-25-21-35-33(36-26-8-10-27(11-9-26)45-19-16-38-14-17-44-18-15-38)37-32(25)40(34(39)41)29-13-12-28(42-3)20-30(29)43-4/h5-13,20-21H,14-19,22H2,1-4H3,(H,35,36,37). The smallest absolute Gasteiger partial charge is 0.335 e. The van der Waals surface area contributed by atoms with E-state index in [-0.39, 0.29) is 6.03 Å². The second-order valence-corrected chi connectivity index (χ2v) is 11.0. The van der Waals surface area contributed by atoms with Crippen molar-refractivity contribution in [3.05, 3.63) is 83.6 Å². The van der Waals surface area contributed by atoms with Crippen molar-refractivity contribution in [1.29, 1.82) is 0 Å². The Hall–Kier alpha value is -4.87. The van der Waals surface area contributed by atoms with E-state index in [9.17, 15) is 4.79 Å². The van der Waals surface area contributed by atoms with E-state index in [0.29, 0.717) is 42.1 Å². The molecule has 3 heterocycles. The summed E-state index contributed by atoms with van der Waals surface area (Å²) < 4.78 is 22.5. The van der Waals surface area contributed by atoms with Gasteiger partial charge >= 0.3 is 6.03 Å². The maximum absolute atomic E-state index is 14.4. The van der Waals surface area contributed by atoms with Crippen LogP contribution in [-0.4, -0.2) is 74.6 Å². The first kappa shape index (κ1) is 30.2. The fourth-order valence-corrected chi connectivity index (χ4v) is 5.69. The Kier molecular flexibility index (Phi) is 8.99. The summed E-state index contributed by atoms with van der Waals surface area (Å²) in [4.78, 5) is 29.5. The van der Waals surface area contributed by atoms with Crippen molar-refractivity contribution in [2.45, 2.75) is 20.4 Å². The average molecular weight is 611 g/mol. The van der Waals surface area contributed by atoms with Gasteiger partial charge < -0.3 is 24.3 Å². The number of morpholine rings is 1. The molecule has 11 heteroatoms. The SMILES string of the molecule is COc1ccc(N2C(=O)N(c3c(C)cccc3C)Cc3cnc(Nc4ccc(OCCN5CCOCC5)cc4)nc32)c(OC)c1. The second-order valence-electron chi connectivity index (χ2n) is 11.0. The molecule has 2 aliphatic heterocycles. The summed E-state index contributed by atoms with van der Waals surface area (Å²) in [6.45, 7) is 9.23. The van der Waals surface area contributed by atoms with Crippen LogP contribution in [0.2, 0.25) is 0 Å². The quantitative estimate of drug-likeness (QED) is 0.237. The average Bonchev–Trinajstić information content (AvgIpc) is 3.06. The zero-order chi connectivity index (χ0) is 31.3. The number of nitrogens with zero attached hydrogens (tertiary/aromatic N) is 5. The molecule has 6 rings (SSSR count). The van der Waals surface area contributed by atoms with E-state index in [1.165, 1.54) is 0 Å². The van der Waals surface area contributed by atoms with Crippen LogP contribution in [0.5, 0.6) is 17.2 Å². The number of aromatic nitrogens is 2. The van der Waals surface area contributed by atoms with Crippen molar-refractivity contribution in [1.82, 2.24) is 14.9 Å². The lowest BCUT2D eigenvalue weighted by Crippen LogP contribution is -2.46.